The molecule has 0 heterocycles. The molecule has 20 heavy (non-hydrogen) atoms. The Bertz CT molecular complexity index is 494. The summed E-state index contributed by atoms with van der Waals surface area (Å²) in [6.07, 6.45) is -5.71. The molecule has 0 fully saturated rings. The van der Waals surface area contributed by atoms with Gasteiger partial charge in [0, 0.05) is 10.6 Å². The third kappa shape index (κ3) is 3.17. The van der Waals surface area contributed by atoms with Gasteiger partial charge in [0.25, 0.3) is 0 Å². The van der Waals surface area contributed by atoms with E-state index in [-0.39, 0.29) is 15.2 Å². The van der Waals surface area contributed by atoms with Gasteiger partial charge in [0.2, 0.25) is 0 Å². The fraction of sp³-hybridized carbons (Fsp3) is 0.455. The Hall–Kier alpha value is -0.600. The zero-order valence-corrected chi connectivity index (χ0v) is 12.6. The third-order valence-electron chi connectivity index (χ3n) is 2.58. The van der Waals surface area contributed by atoms with Crippen LogP contribution in [0.2, 0.25) is 5.02 Å². The number of benzene rings is 1. The lowest BCUT2D eigenvalue weighted by Gasteiger charge is -2.30. The van der Waals surface area contributed by atoms with E-state index in [0.29, 0.717) is 0 Å². The minimum absolute atomic E-state index is 0.00546. The molecule has 0 radical (unpaired) electrons. The zero-order chi connectivity index (χ0) is 15.7. The molecule has 2 nitrogen and oxygen atoms in total. The number of rotatable bonds is 4. The maximum absolute atomic E-state index is 13.6. The SMILES string of the molecule is CNC(c1cc(Cl)cc(Br)c1OC)C(F)(F)C(F)(F)F. The van der Waals surface area contributed by atoms with Crippen LogP contribution in [0, 0.1) is 0 Å². The molecule has 9 heteroatoms. The second kappa shape index (κ2) is 6.03. The van der Waals surface area contributed by atoms with Gasteiger partial charge in [0.05, 0.1) is 11.6 Å². The lowest BCUT2D eigenvalue weighted by molar-refractivity contribution is -0.294. The fourth-order valence-electron chi connectivity index (χ4n) is 1.71. The molecular formula is C11H10BrClF5NO. The molecule has 0 spiro atoms. The molecule has 0 aliphatic rings. The highest BCUT2D eigenvalue weighted by Crippen LogP contribution is 2.48. The molecule has 114 valence electrons. The van der Waals surface area contributed by atoms with E-state index in [2.05, 4.69) is 15.9 Å². The van der Waals surface area contributed by atoms with Crippen molar-refractivity contribution in [1.29, 1.82) is 0 Å². The summed E-state index contributed by atoms with van der Waals surface area (Å²) in [5, 5.41) is 1.97. The van der Waals surface area contributed by atoms with Crippen LogP contribution in [-0.2, 0) is 0 Å². The van der Waals surface area contributed by atoms with E-state index >= 15 is 0 Å². The summed E-state index contributed by atoms with van der Waals surface area (Å²) in [7, 11) is 2.16. The minimum atomic E-state index is -5.71. The van der Waals surface area contributed by atoms with Crippen LogP contribution in [0.4, 0.5) is 22.0 Å². The van der Waals surface area contributed by atoms with Crippen molar-refractivity contribution in [3.05, 3.63) is 27.2 Å². The van der Waals surface area contributed by atoms with Crippen LogP contribution >= 0.6 is 27.5 Å². The van der Waals surface area contributed by atoms with Crippen molar-refractivity contribution in [1.82, 2.24) is 5.32 Å². The van der Waals surface area contributed by atoms with Crippen LogP contribution in [0.3, 0.4) is 0 Å². The highest BCUT2D eigenvalue weighted by molar-refractivity contribution is 9.10. The summed E-state index contributed by atoms with van der Waals surface area (Å²) in [6.45, 7) is 0. The maximum Gasteiger partial charge on any atom is 0.455 e. The molecule has 0 aliphatic heterocycles. The summed E-state index contributed by atoms with van der Waals surface area (Å²) >= 11 is 8.71. The monoisotopic (exact) mass is 381 g/mol. The van der Waals surface area contributed by atoms with Gasteiger partial charge in [-0.05, 0) is 35.1 Å². The van der Waals surface area contributed by atoms with Crippen molar-refractivity contribution in [2.24, 2.45) is 0 Å². The van der Waals surface area contributed by atoms with Crippen LogP contribution in [0.25, 0.3) is 0 Å². The van der Waals surface area contributed by atoms with E-state index in [4.69, 9.17) is 16.3 Å². The van der Waals surface area contributed by atoms with Crippen molar-refractivity contribution >= 4 is 27.5 Å². The predicted octanol–water partition coefficient (Wildman–Crippen LogP) is 4.57. The van der Waals surface area contributed by atoms with Gasteiger partial charge in [0.1, 0.15) is 11.8 Å². The molecule has 0 amide bonds. The number of halogens is 7. The molecule has 0 saturated carbocycles. The first-order valence-electron chi connectivity index (χ1n) is 5.21. The van der Waals surface area contributed by atoms with Gasteiger partial charge in [-0.25, -0.2) is 0 Å². The van der Waals surface area contributed by atoms with E-state index in [1.54, 1.807) is 0 Å². The van der Waals surface area contributed by atoms with Gasteiger partial charge in [-0.15, -0.1) is 0 Å². The number of methoxy groups -OCH3 is 1. The first kappa shape index (κ1) is 17.5. The van der Waals surface area contributed by atoms with E-state index in [1.165, 1.54) is 6.07 Å². The molecule has 1 aromatic carbocycles. The summed E-state index contributed by atoms with van der Waals surface area (Å²) < 4.78 is 69.7. The van der Waals surface area contributed by atoms with Gasteiger partial charge in [0.15, 0.2) is 0 Å². The lowest BCUT2D eigenvalue weighted by Crippen LogP contribution is -2.47. The molecule has 0 aliphatic carbocycles. The van der Waals surface area contributed by atoms with Gasteiger partial charge >= 0.3 is 12.1 Å². The number of hydrogen-bond acceptors (Lipinski definition) is 2. The summed E-state index contributed by atoms with van der Waals surface area (Å²) in [5.74, 6) is -5.13. The van der Waals surface area contributed by atoms with Gasteiger partial charge in [-0.1, -0.05) is 11.6 Å². The Labute approximate surface area is 125 Å². The summed E-state index contributed by atoms with van der Waals surface area (Å²) in [4.78, 5) is 0. The number of nitrogens with one attached hydrogen (secondary N) is 1. The van der Waals surface area contributed by atoms with E-state index < -0.39 is 23.7 Å². The second-order valence-corrected chi connectivity index (χ2v) is 5.14. The highest BCUT2D eigenvalue weighted by atomic mass is 79.9. The summed E-state index contributed by atoms with van der Waals surface area (Å²) in [5.41, 5.74) is -0.392. The zero-order valence-electron chi connectivity index (χ0n) is 10.3. The molecule has 0 saturated heterocycles. The minimum Gasteiger partial charge on any atom is -0.495 e. The van der Waals surface area contributed by atoms with Crippen molar-refractivity contribution in [3.8, 4) is 5.75 Å². The van der Waals surface area contributed by atoms with Crippen molar-refractivity contribution < 1.29 is 26.7 Å². The van der Waals surface area contributed by atoms with Crippen LogP contribution in [0.1, 0.15) is 11.6 Å². The molecule has 1 aromatic rings. The van der Waals surface area contributed by atoms with Crippen LogP contribution in [-0.4, -0.2) is 26.3 Å². The van der Waals surface area contributed by atoms with Crippen LogP contribution < -0.4 is 10.1 Å². The molecule has 0 bridgehead atoms. The Morgan fingerprint density at radius 3 is 2.20 bits per heavy atom. The van der Waals surface area contributed by atoms with Gasteiger partial charge < -0.3 is 10.1 Å². The van der Waals surface area contributed by atoms with E-state index in [9.17, 15) is 22.0 Å². The molecule has 1 N–H and O–H groups in total. The Morgan fingerprint density at radius 1 is 1.25 bits per heavy atom. The summed E-state index contributed by atoms with van der Waals surface area (Å²) in [6, 6.07) is 0.0151. The predicted molar refractivity (Wildman–Crippen MR) is 68.5 cm³/mol. The van der Waals surface area contributed by atoms with Crippen molar-refractivity contribution in [3.63, 3.8) is 0 Å². The maximum atomic E-state index is 13.6. The van der Waals surface area contributed by atoms with Gasteiger partial charge in [-0.2, -0.15) is 22.0 Å². The normalized spacial score (nSPS) is 14.2. The average molecular weight is 383 g/mol. The molecule has 0 aromatic heterocycles. The molecule has 1 rings (SSSR count). The quantitative estimate of drug-likeness (QED) is 0.770. The van der Waals surface area contributed by atoms with Gasteiger partial charge in [-0.3, -0.25) is 0 Å². The smallest absolute Gasteiger partial charge is 0.455 e. The largest absolute Gasteiger partial charge is 0.495 e. The molecular weight excluding hydrogens is 372 g/mol. The van der Waals surface area contributed by atoms with Crippen LogP contribution in [0.15, 0.2) is 16.6 Å². The number of hydrogen-bond donors (Lipinski definition) is 1. The van der Waals surface area contributed by atoms with Crippen molar-refractivity contribution in [2.45, 2.75) is 18.1 Å². The lowest BCUT2D eigenvalue weighted by atomic mass is 9.99. The first-order valence-corrected chi connectivity index (χ1v) is 6.38. The van der Waals surface area contributed by atoms with Crippen molar-refractivity contribution in [2.75, 3.05) is 14.2 Å². The molecule has 1 atom stereocenters. The third-order valence-corrected chi connectivity index (χ3v) is 3.39. The number of ether oxygens (including phenoxy) is 1. The molecule has 1 unspecified atom stereocenters. The Kier molecular flexibility index (Phi) is 5.26. The Balaban J connectivity index is 3.47. The highest BCUT2D eigenvalue weighted by Gasteiger charge is 2.63. The standard InChI is InChI=1S/C11H10BrClF5NO/c1-19-9(10(14,15)11(16,17)18)6-3-5(13)4-7(12)8(6)20-2/h3-4,9,19H,1-2H3. The average Bonchev–Trinajstić information content (AvgIpc) is 2.27. The first-order chi connectivity index (χ1) is 9.06. The second-order valence-electron chi connectivity index (χ2n) is 3.85. The Morgan fingerprint density at radius 2 is 1.80 bits per heavy atom. The topological polar surface area (TPSA) is 21.3 Å². The van der Waals surface area contributed by atoms with Crippen LogP contribution in [0.5, 0.6) is 5.75 Å². The van der Waals surface area contributed by atoms with E-state index in [1.807, 2.05) is 5.32 Å². The fourth-order valence-corrected chi connectivity index (χ4v) is 2.70. The van der Waals surface area contributed by atoms with E-state index in [0.717, 1.165) is 20.2 Å². The number of alkyl halides is 5.